The minimum absolute atomic E-state index is 0.470. The molecule has 20 heavy (non-hydrogen) atoms. The topological polar surface area (TPSA) is 37.3 Å². The highest BCUT2D eigenvalue weighted by Gasteiger charge is 2.10. The summed E-state index contributed by atoms with van der Waals surface area (Å²) in [5, 5.41) is 8.23. The van der Waals surface area contributed by atoms with Crippen LogP contribution in [0.15, 0.2) is 0 Å². The first-order valence-corrected chi connectivity index (χ1v) is 9.11. The van der Waals surface area contributed by atoms with E-state index < -0.39 is 11.2 Å². The monoisotopic (exact) mass is 302 g/mol. The summed E-state index contributed by atoms with van der Waals surface area (Å²) in [6, 6.07) is 0. The lowest BCUT2D eigenvalue weighted by molar-refractivity contribution is -0.136. The van der Waals surface area contributed by atoms with Crippen molar-refractivity contribution in [2.24, 2.45) is 0 Å². The molecule has 0 heterocycles. The van der Waals surface area contributed by atoms with Crippen LogP contribution in [0.4, 0.5) is 0 Å². The van der Waals surface area contributed by atoms with Crippen LogP contribution in [0, 0.1) is 0 Å². The van der Waals surface area contributed by atoms with E-state index in [1.807, 2.05) is 0 Å². The maximum Gasteiger partial charge on any atom is 0.316 e. The Morgan fingerprint density at radius 1 is 0.800 bits per heavy atom. The van der Waals surface area contributed by atoms with Gasteiger partial charge >= 0.3 is 5.97 Å². The third kappa shape index (κ3) is 14.2. The molecular formula is C17H34O2S. The minimum atomic E-state index is -0.785. The average molecular weight is 303 g/mol. The van der Waals surface area contributed by atoms with Gasteiger partial charge in [-0.05, 0) is 6.42 Å². The van der Waals surface area contributed by atoms with Crippen LogP contribution >= 0.6 is 12.6 Å². The van der Waals surface area contributed by atoms with E-state index in [-0.39, 0.29) is 0 Å². The average Bonchev–Trinajstić information content (AvgIpc) is 2.43. The Morgan fingerprint density at radius 2 is 1.15 bits per heavy atom. The summed E-state index contributed by atoms with van der Waals surface area (Å²) >= 11 is 4.04. The van der Waals surface area contributed by atoms with Gasteiger partial charge in [-0.3, -0.25) is 4.79 Å². The Morgan fingerprint density at radius 3 is 1.50 bits per heavy atom. The standard InChI is InChI=1S/C17H34O2S/c1-2-3-4-5-6-7-8-9-10-11-12-13-14-15-16(20)17(18)19/h16,20H,2-15H2,1H3,(H,18,19). The number of carboxylic acids is 1. The zero-order valence-corrected chi connectivity index (χ0v) is 14.2. The SMILES string of the molecule is CCCCCCCCCCCCCCCC(S)C(=O)O. The Labute approximate surface area is 131 Å². The van der Waals surface area contributed by atoms with Gasteiger partial charge in [0, 0.05) is 0 Å². The van der Waals surface area contributed by atoms with Crippen molar-refractivity contribution in [2.75, 3.05) is 0 Å². The number of aliphatic carboxylic acids is 1. The van der Waals surface area contributed by atoms with E-state index in [9.17, 15) is 4.79 Å². The molecule has 0 rings (SSSR count). The van der Waals surface area contributed by atoms with Crippen LogP contribution in [0.1, 0.15) is 96.8 Å². The molecule has 120 valence electrons. The van der Waals surface area contributed by atoms with Crippen LogP contribution in [0.2, 0.25) is 0 Å². The molecular weight excluding hydrogens is 268 g/mol. The van der Waals surface area contributed by atoms with Crippen molar-refractivity contribution in [1.82, 2.24) is 0 Å². The van der Waals surface area contributed by atoms with Crippen molar-refractivity contribution in [3.05, 3.63) is 0 Å². The Bertz CT molecular complexity index is 219. The number of hydrogen-bond acceptors (Lipinski definition) is 2. The molecule has 0 saturated carbocycles. The number of carboxylic acid groups (broad SMARTS) is 1. The lowest BCUT2D eigenvalue weighted by atomic mass is 10.0. The van der Waals surface area contributed by atoms with Gasteiger partial charge in [0.25, 0.3) is 0 Å². The third-order valence-corrected chi connectivity index (χ3v) is 4.35. The summed E-state index contributed by atoms with van der Waals surface area (Å²) in [6.07, 6.45) is 17.9. The van der Waals surface area contributed by atoms with E-state index in [2.05, 4.69) is 19.6 Å². The molecule has 0 aromatic heterocycles. The highest BCUT2D eigenvalue weighted by atomic mass is 32.1. The maximum absolute atomic E-state index is 10.6. The van der Waals surface area contributed by atoms with Crippen molar-refractivity contribution in [1.29, 1.82) is 0 Å². The van der Waals surface area contributed by atoms with Crippen LogP contribution in [0.3, 0.4) is 0 Å². The number of rotatable bonds is 15. The molecule has 0 bridgehead atoms. The van der Waals surface area contributed by atoms with E-state index in [0.29, 0.717) is 6.42 Å². The van der Waals surface area contributed by atoms with Gasteiger partial charge < -0.3 is 5.11 Å². The molecule has 0 aromatic rings. The van der Waals surface area contributed by atoms with Crippen molar-refractivity contribution < 1.29 is 9.90 Å². The second-order valence-electron chi connectivity index (χ2n) is 5.89. The summed E-state index contributed by atoms with van der Waals surface area (Å²) in [6.45, 7) is 2.26. The molecule has 1 atom stereocenters. The Balaban J connectivity index is 3.04. The Kier molecular flexibility index (Phi) is 15.1. The second kappa shape index (κ2) is 15.2. The van der Waals surface area contributed by atoms with Gasteiger partial charge in [-0.1, -0.05) is 90.4 Å². The highest BCUT2D eigenvalue weighted by Crippen LogP contribution is 2.14. The van der Waals surface area contributed by atoms with Crippen LogP contribution < -0.4 is 0 Å². The fourth-order valence-corrected chi connectivity index (χ4v) is 2.66. The molecule has 0 fully saturated rings. The van der Waals surface area contributed by atoms with E-state index >= 15 is 0 Å². The van der Waals surface area contributed by atoms with E-state index in [1.54, 1.807) is 0 Å². The maximum atomic E-state index is 10.6. The minimum Gasteiger partial charge on any atom is -0.480 e. The van der Waals surface area contributed by atoms with Crippen molar-refractivity contribution in [2.45, 2.75) is 102 Å². The zero-order chi connectivity index (χ0) is 15.1. The quantitative estimate of drug-likeness (QED) is 0.294. The molecule has 0 aliphatic carbocycles. The number of unbranched alkanes of at least 4 members (excludes halogenated alkanes) is 12. The van der Waals surface area contributed by atoms with Crippen molar-refractivity contribution >= 4 is 18.6 Å². The van der Waals surface area contributed by atoms with E-state index in [4.69, 9.17) is 5.11 Å². The molecule has 0 aliphatic rings. The van der Waals surface area contributed by atoms with Gasteiger partial charge in [0.1, 0.15) is 0 Å². The lowest BCUT2D eigenvalue weighted by Crippen LogP contribution is -2.12. The number of thiol groups is 1. The summed E-state index contributed by atoms with van der Waals surface area (Å²) in [7, 11) is 0. The molecule has 0 spiro atoms. The fourth-order valence-electron chi connectivity index (χ4n) is 2.48. The van der Waals surface area contributed by atoms with E-state index in [1.165, 1.54) is 70.6 Å². The molecule has 0 amide bonds. The molecule has 0 radical (unpaired) electrons. The molecule has 0 aromatic carbocycles. The normalized spacial score (nSPS) is 12.5. The smallest absolute Gasteiger partial charge is 0.316 e. The predicted octanol–water partition coefficient (Wildman–Crippen LogP) is 5.85. The van der Waals surface area contributed by atoms with Crippen molar-refractivity contribution in [3.63, 3.8) is 0 Å². The molecule has 1 N–H and O–H groups in total. The number of carbonyl (C=O) groups is 1. The summed E-state index contributed by atoms with van der Waals surface area (Å²) < 4.78 is 0. The molecule has 0 aliphatic heterocycles. The Hall–Kier alpha value is -0.180. The number of hydrogen-bond donors (Lipinski definition) is 2. The van der Waals surface area contributed by atoms with Crippen LogP contribution in [-0.4, -0.2) is 16.3 Å². The van der Waals surface area contributed by atoms with Crippen LogP contribution in [0.5, 0.6) is 0 Å². The molecule has 0 saturated heterocycles. The van der Waals surface area contributed by atoms with Gasteiger partial charge in [-0.2, -0.15) is 12.6 Å². The van der Waals surface area contributed by atoms with Gasteiger partial charge in [0.05, 0.1) is 5.25 Å². The predicted molar refractivity (Wildman–Crippen MR) is 90.7 cm³/mol. The van der Waals surface area contributed by atoms with Crippen molar-refractivity contribution in [3.8, 4) is 0 Å². The van der Waals surface area contributed by atoms with Gasteiger partial charge in [0.2, 0.25) is 0 Å². The summed E-state index contributed by atoms with van der Waals surface area (Å²) in [5.74, 6) is -0.785. The van der Waals surface area contributed by atoms with Gasteiger partial charge in [-0.15, -0.1) is 0 Å². The first-order chi connectivity index (χ1) is 9.68. The van der Waals surface area contributed by atoms with Gasteiger partial charge in [-0.25, -0.2) is 0 Å². The third-order valence-electron chi connectivity index (χ3n) is 3.87. The first kappa shape index (κ1) is 19.8. The first-order valence-electron chi connectivity index (χ1n) is 8.59. The summed E-state index contributed by atoms with van der Waals surface area (Å²) in [5.41, 5.74) is 0. The van der Waals surface area contributed by atoms with Gasteiger partial charge in [0.15, 0.2) is 0 Å². The molecule has 1 unspecified atom stereocenters. The van der Waals surface area contributed by atoms with Crippen LogP contribution in [-0.2, 0) is 4.79 Å². The molecule has 2 nitrogen and oxygen atoms in total. The van der Waals surface area contributed by atoms with E-state index in [0.717, 1.165) is 12.8 Å². The van der Waals surface area contributed by atoms with Crippen LogP contribution in [0.25, 0.3) is 0 Å². The highest BCUT2D eigenvalue weighted by molar-refractivity contribution is 7.81. The lowest BCUT2D eigenvalue weighted by Gasteiger charge is -2.05. The zero-order valence-electron chi connectivity index (χ0n) is 13.3. The largest absolute Gasteiger partial charge is 0.480 e. The molecule has 3 heteroatoms. The fraction of sp³-hybridized carbons (Fsp3) is 0.941. The summed E-state index contributed by atoms with van der Waals surface area (Å²) in [4.78, 5) is 10.6. The second-order valence-corrected chi connectivity index (χ2v) is 6.51.